The van der Waals surface area contributed by atoms with E-state index in [1.807, 2.05) is 0 Å². The molecule has 1 fully saturated rings. The van der Waals surface area contributed by atoms with Crippen LogP contribution < -0.4 is 4.90 Å². The number of carbonyl (C=O) groups is 1. The van der Waals surface area contributed by atoms with E-state index in [-0.39, 0.29) is 24.7 Å². The van der Waals surface area contributed by atoms with Crippen molar-refractivity contribution in [1.82, 2.24) is 4.90 Å². The summed E-state index contributed by atoms with van der Waals surface area (Å²) >= 11 is 0. The Labute approximate surface area is 143 Å². The highest BCUT2D eigenvalue weighted by molar-refractivity contribution is 7.92. The SMILES string of the molecule is CN(C)C(=O)C1CCCN(c2ccc(F)cc2S(=O)(=O)C(F)(F)F)C1. The molecular formula is C15H18F4N2O3S. The maximum atomic E-state index is 13.4. The number of hydrogen-bond acceptors (Lipinski definition) is 4. The molecule has 1 aromatic carbocycles. The van der Waals surface area contributed by atoms with Crippen molar-refractivity contribution < 1.29 is 30.8 Å². The van der Waals surface area contributed by atoms with Gasteiger partial charge in [-0.1, -0.05) is 0 Å². The molecule has 0 radical (unpaired) electrons. The van der Waals surface area contributed by atoms with Crippen LogP contribution in [-0.2, 0) is 14.6 Å². The molecule has 140 valence electrons. The lowest BCUT2D eigenvalue weighted by molar-refractivity contribution is -0.133. The van der Waals surface area contributed by atoms with Gasteiger partial charge in [0.2, 0.25) is 5.91 Å². The van der Waals surface area contributed by atoms with Crippen LogP contribution in [0.1, 0.15) is 12.8 Å². The van der Waals surface area contributed by atoms with Gasteiger partial charge < -0.3 is 9.80 Å². The van der Waals surface area contributed by atoms with Crippen LogP contribution in [0, 0.1) is 11.7 Å². The van der Waals surface area contributed by atoms with E-state index in [1.165, 1.54) is 9.80 Å². The van der Waals surface area contributed by atoms with Crippen LogP contribution in [0.5, 0.6) is 0 Å². The maximum absolute atomic E-state index is 13.4. The standard InChI is InChI=1S/C15H18F4N2O3S/c1-20(2)14(22)10-4-3-7-21(9-10)12-6-5-11(16)8-13(12)25(23,24)15(17,18)19/h5-6,8,10H,3-4,7,9H2,1-2H3. The molecule has 0 saturated carbocycles. The number of anilines is 1. The minimum atomic E-state index is -5.71. The molecule has 1 heterocycles. The van der Waals surface area contributed by atoms with Crippen LogP contribution in [0.4, 0.5) is 23.2 Å². The van der Waals surface area contributed by atoms with E-state index < -0.39 is 32.0 Å². The Kier molecular flexibility index (Phi) is 5.31. The number of sulfone groups is 1. The molecule has 2 rings (SSSR count). The van der Waals surface area contributed by atoms with E-state index in [4.69, 9.17) is 0 Å². The first-order valence-corrected chi connectivity index (χ1v) is 9.00. The number of piperidine rings is 1. The number of rotatable bonds is 3. The number of amides is 1. The first-order valence-electron chi connectivity index (χ1n) is 7.52. The van der Waals surface area contributed by atoms with Gasteiger partial charge >= 0.3 is 5.51 Å². The first-order chi connectivity index (χ1) is 11.4. The Morgan fingerprint density at radius 1 is 1.28 bits per heavy atom. The van der Waals surface area contributed by atoms with E-state index in [9.17, 15) is 30.8 Å². The van der Waals surface area contributed by atoms with E-state index in [1.54, 1.807) is 14.1 Å². The van der Waals surface area contributed by atoms with Crippen molar-refractivity contribution in [2.75, 3.05) is 32.1 Å². The summed E-state index contributed by atoms with van der Waals surface area (Å²) in [6, 6.07) is 2.29. The number of hydrogen-bond donors (Lipinski definition) is 0. The monoisotopic (exact) mass is 382 g/mol. The van der Waals surface area contributed by atoms with Gasteiger partial charge in [-0.25, -0.2) is 12.8 Å². The number of alkyl halides is 3. The lowest BCUT2D eigenvalue weighted by Gasteiger charge is -2.35. The van der Waals surface area contributed by atoms with Gasteiger partial charge in [0.1, 0.15) is 10.7 Å². The van der Waals surface area contributed by atoms with Crippen molar-refractivity contribution in [3.05, 3.63) is 24.0 Å². The molecule has 0 spiro atoms. The lowest BCUT2D eigenvalue weighted by atomic mass is 9.96. The fourth-order valence-corrected chi connectivity index (χ4v) is 3.84. The Bertz CT molecular complexity index is 763. The van der Waals surface area contributed by atoms with E-state index >= 15 is 0 Å². The summed E-state index contributed by atoms with van der Waals surface area (Å²) in [5, 5.41) is 0. The van der Waals surface area contributed by atoms with E-state index in [0.29, 0.717) is 18.9 Å². The molecule has 5 nitrogen and oxygen atoms in total. The summed E-state index contributed by atoms with van der Waals surface area (Å²) < 4.78 is 75.8. The first kappa shape index (κ1) is 19.5. The van der Waals surface area contributed by atoms with E-state index in [2.05, 4.69) is 0 Å². The second-order valence-corrected chi connectivity index (χ2v) is 7.99. The second-order valence-electron chi connectivity index (χ2n) is 6.08. The van der Waals surface area contributed by atoms with Gasteiger partial charge in [0.15, 0.2) is 0 Å². The zero-order chi connectivity index (χ0) is 19.0. The van der Waals surface area contributed by atoms with Gasteiger partial charge in [-0.3, -0.25) is 4.79 Å². The molecule has 1 aliphatic rings. The fourth-order valence-electron chi connectivity index (χ4n) is 2.85. The van der Waals surface area contributed by atoms with Crippen molar-refractivity contribution in [3.63, 3.8) is 0 Å². The highest BCUT2D eigenvalue weighted by atomic mass is 32.2. The quantitative estimate of drug-likeness (QED) is 0.754. The third-order valence-electron chi connectivity index (χ3n) is 4.07. The summed E-state index contributed by atoms with van der Waals surface area (Å²) in [6.07, 6.45) is 1.06. The third-order valence-corrected chi connectivity index (χ3v) is 5.58. The topological polar surface area (TPSA) is 57.7 Å². The molecule has 1 atom stereocenters. The molecule has 1 saturated heterocycles. The smallest absolute Gasteiger partial charge is 0.370 e. The molecule has 0 aliphatic carbocycles. The minimum Gasteiger partial charge on any atom is -0.370 e. The molecule has 25 heavy (non-hydrogen) atoms. The number of carbonyl (C=O) groups excluding carboxylic acids is 1. The molecule has 0 bridgehead atoms. The van der Waals surface area contributed by atoms with Crippen LogP contribution >= 0.6 is 0 Å². The molecule has 1 amide bonds. The van der Waals surface area contributed by atoms with Gasteiger partial charge in [-0.05, 0) is 31.0 Å². The van der Waals surface area contributed by atoms with Crippen LogP contribution in [0.15, 0.2) is 23.1 Å². The minimum absolute atomic E-state index is 0.0724. The maximum Gasteiger partial charge on any atom is 0.501 e. The van der Waals surface area contributed by atoms with Crippen molar-refractivity contribution in [3.8, 4) is 0 Å². The number of halogens is 4. The van der Waals surface area contributed by atoms with Gasteiger partial charge in [-0.2, -0.15) is 13.2 Å². The Morgan fingerprint density at radius 3 is 2.48 bits per heavy atom. The molecule has 10 heteroatoms. The fraction of sp³-hybridized carbons (Fsp3) is 0.533. The summed E-state index contributed by atoms with van der Waals surface area (Å²) in [7, 11) is -2.57. The van der Waals surface area contributed by atoms with E-state index in [0.717, 1.165) is 12.1 Å². The number of nitrogens with zero attached hydrogens (tertiary/aromatic N) is 2. The highest BCUT2D eigenvalue weighted by Gasteiger charge is 2.48. The van der Waals surface area contributed by atoms with Gasteiger partial charge in [-0.15, -0.1) is 0 Å². The summed E-state index contributed by atoms with van der Waals surface area (Å²) in [5.41, 5.74) is -5.78. The second kappa shape index (κ2) is 6.81. The third kappa shape index (κ3) is 3.88. The Hall–Kier alpha value is -1.84. The van der Waals surface area contributed by atoms with Crippen LogP contribution in [0.25, 0.3) is 0 Å². The Balaban J connectivity index is 2.45. The molecular weight excluding hydrogens is 364 g/mol. The van der Waals surface area contributed by atoms with Crippen LogP contribution in [0.3, 0.4) is 0 Å². The van der Waals surface area contributed by atoms with Crippen LogP contribution in [-0.4, -0.2) is 51.9 Å². The normalized spacial score (nSPS) is 19.0. The van der Waals surface area contributed by atoms with Gasteiger partial charge in [0, 0.05) is 27.2 Å². The molecule has 1 aromatic rings. The largest absolute Gasteiger partial charge is 0.501 e. The summed E-state index contributed by atoms with van der Waals surface area (Å²) in [4.78, 5) is 13.8. The van der Waals surface area contributed by atoms with Gasteiger partial charge in [0.25, 0.3) is 9.84 Å². The van der Waals surface area contributed by atoms with Crippen molar-refractivity contribution >= 4 is 21.4 Å². The molecule has 1 unspecified atom stereocenters. The lowest BCUT2D eigenvalue weighted by Crippen LogP contribution is -2.43. The zero-order valence-corrected chi connectivity index (χ0v) is 14.5. The average Bonchev–Trinajstić information content (AvgIpc) is 2.53. The zero-order valence-electron chi connectivity index (χ0n) is 13.7. The average molecular weight is 382 g/mol. The van der Waals surface area contributed by atoms with Crippen molar-refractivity contribution in [2.24, 2.45) is 5.92 Å². The summed E-state index contributed by atoms with van der Waals surface area (Å²) in [6.45, 7) is 0.353. The predicted molar refractivity (Wildman–Crippen MR) is 83.3 cm³/mol. The molecule has 1 aliphatic heterocycles. The summed E-state index contributed by atoms with van der Waals surface area (Å²) in [5.74, 6) is -1.73. The highest BCUT2D eigenvalue weighted by Crippen LogP contribution is 2.37. The van der Waals surface area contributed by atoms with Gasteiger partial charge in [0.05, 0.1) is 11.6 Å². The van der Waals surface area contributed by atoms with Crippen molar-refractivity contribution in [2.45, 2.75) is 23.2 Å². The molecule has 0 N–H and O–H groups in total. The number of benzene rings is 1. The predicted octanol–water partition coefficient (Wildman–Crippen LogP) is 2.42. The van der Waals surface area contributed by atoms with Crippen molar-refractivity contribution in [1.29, 1.82) is 0 Å². The Morgan fingerprint density at radius 2 is 1.92 bits per heavy atom. The molecule has 0 aromatic heterocycles. The van der Waals surface area contributed by atoms with Crippen LogP contribution in [0.2, 0.25) is 0 Å².